The van der Waals surface area contributed by atoms with Crippen molar-refractivity contribution in [2.24, 2.45) is 0 Å². The number of amides is 1. The van der Waals surface area contributed by atoms with Crippen molar-refractivity contribution < 1.29 is 14.3 Å². The number of carbonyl (C=O) groups is 1. The molecule has 0 aliphatic carbocycles. The van der Waals surface area contributed by atoms with Crippen LogP contribution in [0.2, 0.25) is 0 Å². The molecule has 0 saturated carbocycles. The number of aromatic nitrogens is 1. The molecule has 5 nitrogen and oxygen atoms in total. The molecule has 0 bridgehead atoms. The number of fused-ring (bicyclic) bond motifs is 1. The number of likely N-dealkylation sites (tertiary alicyclic amines) is 1. The molecule has 35 heavy (non-hydrogen) atoms. The zero-order valence-corrected chi connectivity index (χ0v) is 22.9. The molecule has 1 amide bonds. The molecular formula is C29H35BrN2O3. The SMILES string of the molecule is Cc1cc(C)cc(-c2cnc3ccc(Br)cc3c2OCC[C@H]2CCCCN2C(=O)OC(C)(C)C)c1. The van der Waals surface area contributed by atoms with E-state index in [4.69, 9.17) is 14.5 Å². The van der Waals surface area contributed by atoms with Crippen molar-refractivity contribution in [3.63, 3.8) is 0 Å². The highest BCUT2D eigenvalue weighted by Gasteiger charge is 2.30. The van der Waals surface area contributed by atoms with E-state index in [-0.39, 0.29) is 12.1 Å². The zero-order chi connectivity index (χ0) is 25.2. The van der Waals surface area contributed by atoms with Gasteiger partial charge in [0.25, 0.3) is 0 Å². The second-order valence-corrected chi connectivity index (χ2v) is 11.4. The van der Waals surface area contributed by atoms with E-state index in [9.17, 15) is 4.79 Å². The number of carbonyl (C=O) groups excluding carboxylic acids is 1. The van der Waals surface area contributed by atoms with Gasteiger partial charge in [-0.3, -0.25) is 4.98 Å². The number of ether oxygens (including phenoxy) is 2. The third kappa shape index (κ3) is 6.35. The Bertz CT molecular complexity index is 1200. The van der Waals surface area contributed by atoms with E-state index in [1.807, 2.05) is 44.0 Å². The van der Waals surface area contributed by atoms with Crippen LogP contribution in [0.3, 0.4) is 0 Å². The van der Waals surface area contributed by atoms with Crippen LogP contribution in [0.25, 0.3) is 22.0 Å². The molecule has 1 aromatic heterocycles. The quantitative estimate of drug-likeness (QED) is 0.332. The average Bonchev–Trinajstić information content (AvgIpc) is 2.77. The van der Waals surface area contributed by atoms with Gasteiger partial charge in [0.15, 0.2) is 0 Å². The number of rotatable bonds is 5. The van der Waals surface area contributed by atoms with Crippen LogP contribution in [0.1, 0.15) is 57.6 Å². The summed E-state index contributed by atoms with van der Waals surface area (Å²) in [4.78, 5) is 19.4. The third-order valence-corrected chi connectivity index (χ3v) is 6.76. The van der Waals surface area contributed by atoms with Crippen LogP contribution in [0.4, 0.5) is 4.79 Å². The summed E-state index contributed by atoms with van der Waals surface area (Å²) in [6.45, 7) is 11.2. The third-order valence-electron chi connectivity index (χ3n) is 6.27. The van der Waals surface area contributed by atoms with E-state index in [2.05, 4.69) is 54.0 Å². The molecule has 1 aliphatic heterocycles. The Hall–Kier alpha value is -2.60. The molecule has 1 atom stereocenters. The smallest absolute Gasteiger partial charge is 0.410 e. The van der Waals surface area contributed by atoms with Crippen molar-refractivity contribution in [2.45, 2.75) is 71.9 Å². The van der Waals surface area contributed by atoms with E-state index >= 15 is 0 Å². The van der Waals surface area contributed by atoms with Crippen LogP contribution in [0, 0.1) is 13.8 Å². The summed E-state index contributed by atoms with van der Waals surface area (Å²) in [7, 11) is 0. The van der Waals surface area contributed by atoms with Gasteiger partial charge in [0.05, 0.1) is 12.1 Å². The number of nitrogens with zero attached hydrogens (tertiary/aromatic N) is 2. The summed E-state index contributed by atoms with van der Waals surface area (Å²) in [5, 5.41) is 0.976. The Kier molecular flexibility index (Phi) is 7.70. The maximum Gasteiger partial charge on any atom is 0.410 e. The normalized spacial score (nSPS) is 16.4. The summed E-state index contributed by atoms with van der Waals surface area (Å²) < 4.78 is 13.2. The minimum Gasteiger partial charge on any atom is -0.492 e. The van der Waals surface area contributed by atoms with Crippen molar-refractivity contribution in [3.05, 3.63) is 58.2 Å². The number of pyridine rings is 1. The summed E-state index contributed by atoms with van der Waals surface area (Å²) >= 11 is 3.61. The largest absolute Gasteiger partial charge is 0.492 e. The molecule has 6 heteroatoms. The summed E-state index contributed by atoms with van der Waals surface area (Å²) in [5.41, 5.74) is 4.88. The fourth-order valence-electron chi connectivity index (χ4n) is 4.79. The topological polar surface area (TPSA) is 51.7 Å². The van der Waals surface area contributed by atoms with Crippen molar-refractivity contribution in [2.75, 3.05) is 13.2 Å². The van der Waals surface area contributed by atoms with Gasteiger partial charge in [-0.1, -0.05) is 45.3 Å². The van der Waals surface area contributed by atoms with Gasteiger partial charge in [-0.15, -0.1) is 0 Å². The predicted octanol–water partition coefficient (Wildman–Crippen LogP) is 7.84. The molecule has 3 aromatic rings. The average molecular weight is 540 g/mol. The molecule has 186 valence electrons. The van der Waals surface area contributed by atoms with Crippen molar-refractivity contribution >= 4 is 32.9 Å². The molecule has 1 saturated heterocycles. The Morgan fingerprint density at radius 3 is 2.57 bits per heavy atom. The van der Waals surface area contributed by atoms with Crippen LogP contribution in [-0.4, -0.2) is 40.8 Å². The van der Waals surface area contributed by atoms with E-state index in [0.717, 1.165) is 64.5 Å². The van der Waals surface area contributed by atoms with E-state index in [1.54, 1.807) is 0 Å². The minimum absolute atomic E-state index is 0.114. The van der Waals surface area contributed by atoms with Gasteiger partial charge >= 0.3 is 6.09 Å². The lowest BCUT2D eigenvalue weighted by Gasteiger charge is -2.36. The first kappa shape index (κ1) is 25.5. The van der Waals surface area contributed by atoms with Crippen LogP contribution in [-0.2, 0) is 4.74 Å². The van der Waals surface area contributed by atoms with Gasteiger partial charge in [-0.05, 0) is 77.6 Å². The van der Waals surface area contributed by atoms with Crippen LogP contribution in [0.15, 0.2) is 47.1 Å². The fourth-order valence-corrected chi connectivity index (χ4v) is 5.15. The number of aryl methyl sites for hydroxylation is 2. The number of benzene rings is 2. The maximum absolute atomic E-state index is 12.8. The van der Waals surface area contributed by atoms with Gasteiger partial charge in [-0.2, -0.15) is 0 Å². The van der Waals surface area contributed by atoms with Gasteiger partial charge in [0, 0.05) is 40.6 Å². The van der Waals surface area contributed by atoms with Crippen molar-refractivity contribution in [1.82, 2.24) is 9.88 Å². The number of hydrogen-bond donors (Lipinski definition) is 0. The first-order chi connectivity index (χ1) is 16.6. The fraction of sp³-hybridized carbons (Fsp3) is 0.448. The molecule has 0 spiro atoms. The molecule has 2 heterocycles. The van der Waals surface area contributed by atoms with Gasteiger partial charge in [0.1, 0.15) is 11.4 Å². The Morgan fingerprint density at radius 2 is 1.86 bits per heavy atom. The van der Waals surface area contributed by atoms with Gasteiger partial charge in [0.2, 0.25) is 0 Å². The molecule has 4 rings (SSSR count). The summed E-state index contributed by atoms with van der Waals surface area (Å²) in [5.74, 6) is 0.834. The monoisotopic (exact) mass is 538 g/mol. The van der Waals surface area contributed by atoms with Crippen LogP contribution >= 0.6 is 15.9 Å². The predicted molar refractivity (Wildman–Crippen MR) is 145 cm³/mol. The molecule has 1 aliphatic rings. The zero-order valence-electron chi connectivity index (χ0n) is 21.4. The number of piperidine rings is 1. The maximum atomic E-state index is 12.8. The second kappa shape index (κ2) is 10.6. The molecule has 0 N–H and O–H groups in total. The Morgan fingerprint density at radius 1 is 1.11 bits per heavy atom. The summed E-state index contributed by atoms with van der Waals surface area (Å²) in [6.07, 6.45) is 5.53. The van der Waals surface area contributed by atoms with Gasteiger partial charge < -0.3 is 14.4 Å². The first-order valence-corrected chi connectivity index (χ1v) is 13.2. The lowest BCUT2D eigenvalue weighted by atomic mass is 9.99. The van der Waals surface area contributed by atoms with Crippen molar-refractivity contribution in [3.8, 4) is 16.9 Å². The number of hydrogen-bond acceptors (Lipinski definition) is 4. The Labute approximate surface area is 217 Å². The highest BCUT2D eigenvalue weighted by molar-refractivity contribution is 9.10. The van der Waals surface area contributed by atoms with Gasteiger partial charge in [-0.25, -0.2) is 4.79 Å². The van der Waals surface area contributed by atoms with E-state index in [0.29, 0.717) is 6.61 Å². The molecular weight excluding hydrogens is 504 g/mol. The lowest BCUT2D eigenvalue weighted by molar-refractivity contribution is 0.00746. The van der Waals surface area contributed by atoms with Crippen LogP contribution in [0.5, 0.6) is 5.75 Å². The molecule has 1 fully saturated rings. The van der Waals surface area contributed by atoms with E-state index < -0.39 is 5.60 Å². The van der Waals surface area contributed by atoms with E-state index in [1.165, 1.54) is 11.1 Å². The summed E-state index contributed by atoms with van der Waals surface area (Å²) in [6, 6.07) is 12.7. The number of halogens is 1. The highest BCUT2D eigenvalue weighted by Crippen LogP contribution is 2.38. The standard InChI is InChI=1S/C29H35BrN2O3/c1-19-14-20(2)16-21(15-19)25-18-31-26-10-9-22(30)17-24(26)27(25)34-13-11-23-8-6-7-12-32(23)28(33)35-29(3,4)5/h9-10,14-18,23H,6-8,11-13H2,1-5H3/t23-/m1/s1. The Balaban J connectivity index is 1.60. The molecule has 0 unspecified atom stereocenters. The first-order valence-electron chi connectivity index (χ1n) is 12.4. The second-order valence-electron chi connectivity index (χ2n) is 10.5. The lowest BCUT2D eigenvalue weighted by Crippen LogP contribution is -2.46. The highest BCUT2D eigenvalue weighted by atomic mass is 79.9. The molecule has 0 radical (unpaired) electrons. The van der Waals surface area contributed by atoms with Crippen molar-refractivity contribution in [1.29, 1.82) is 0 Å². The minimum atomic E-state index is -0.500. The van der Waals surface area contributed by atoms with Crippen LogP contribution < -0.4 is 4.74 Å². The molecule has 2 aromatic carbocycles.